The van der Waals surface area contributed by atoms with E-state index in [1.807, 2.05) is 20.8 Å². The number of halogens is 4. The molecule has 0 aromatic heterocycles. The minimum absolute atomic E-state index is 0.112. The highest BCUT2D eigenvalue weighted by molar-refractivity contribution is 6.31. The van der Waals surface area contributed by atoms with Crippen molar-refractivity contribution in [1.82, 2.24) is 15.5 Å². The number of likely N-dealkylation sites (tertiary alicyclic amines) is 1. The number of benzene rings is 2. The summed E-state index contributed by atoms with van der Waals surface area (Å²) in [5.41, 5.74) is -1.01. The lowest BCUT2D eigenvalue weighted by Crippen LogP contribution is -2.47. The van der Waals surface area contributed by atoms with E-state index in [0.717, 1.165) is 32.2 Å². The van der Waals surface area contributed by atoms with Crippen LogP contribution in [0.5, 0.6) is 0 Å². The minimum Gasteiger partial charge on any atom is -0.388 e. The maximum Gasteiger partial charge on any atom is 0.237 e. The second-order valence-corrected chi connectivity index (χ2v) is 12.8. The van der Waals surface area contributed by atoms with Gasteiger partial charge in [-0.15, -0.1) is 0 Å². The number of carbonyl (C=O) groups excluding carboxylic acids is 2. The summed E-state index contributed by atoms with van der Waals surface area (Å²) < 4.78 is 30.9. The Balaban J connectivity index is 1.89. The normalized spacial score (nSPS) is 25.2. The molecule has 2 heterocycles. The minimum atomic E-state index is -1.54. The van der Waals surface area contributed by atoms with E-state index in [-0.39, 0.29) is 26.9 Å². The zero-order chi connectivity index (χ0) is 29.2. The van der Waals surface area contributed by atoms with Crippen molar-refractivity contribution < 1.29 is 18.4 Å². The Morgan fingerprint density at radius 2 is 1.88 bits per heavy atom. The molecule has 0 radical (unpaired) electrons. The molecular formula is C30H38Cl2F2N4O2. The van der Waals surface area contributed by atoms with Gasteiger partial charge in [0.15, 0.2) is 0 Å². The molecule has 4 rings (SSSR count). The molecule has 0 saturated carbocycles. The SMILES string of the molecule is CNc1cc(Cl)c(F)cc1[C@]1(C=O)C(CC(C)(C)C)N[C@@H](C(=O)NCCN2CCCC2)[C@@H]1c1cccc(Cl)c1F. The molecule has 2 aromatic carbocycles. The number of hydrogen-bond donors (Lipinski definition) is 3. The number of hydrogen-bond acceptors (Lipinski definition) is 5. The van der Waals surface area contributed by atoms with E-state index in [1.165, 1.54) is 18.2 Å². The Morgan fingerprint density at radius 1 is 1.18 bits per heavy atom. The third-order valence-corrected chi connectivity index (χ3v) is 8.72. The van der Waals surface area contributed by atoms with E-state index in [9.17, 15) is 9.59 Å². The fraction of sp³-hybridized carbons (Fsp3) is 0.533. The number of aldehydes is 1. The average molecular weight is 596 g/mol. The third-order valence-electron chi connectivity index (χ3n) is 8.14. The van der Waals surface area contributed by atoms with E-state index >= 15 is 8.78 Å². The van der Waals surface area contributed by atoms with Gasteiger partial charge in [-0.1, -0.05) is 56.1 Å². The van der Waals surface area contributed by atoms with Gasteiger partial charge in [-0.2, -0.15) is 0 Å². The lowest BCUT2D eigenvalue weighted by atomic mass is 9.62. The number of rotatable bonds is 9. The zero-order valence-corrected chi connectivity index (χ0v) is 24.9. The van der Waals surface area contributed by atoms with Crippen LogP contribution in [0.15, 0.2) is 30.3 Å². The summed E-state index contributed by atoms with van der Waals surface area (Å²) in [6.07, 6.45) is 3.45. The number of anilines is 1. The zero-order valence-electron chi connectivity index (χ0n) is 23.4. The van der Waals surface area contributed by atoms with Crippen LogP contribution >= 0.6 is 23.2 Å². The van der Waals surface area contributed by atoms with Crippen molar-refractivity contribution in [1.29, 1.82) is 0 Å². The average Bonchev–Trinajstić information content (AvgIpc) is 3.52. The molecule has 0 bridgehead atoms. The summed E-state index contributed by atoms with van der Waals surface area (Å²) >= 11 is 12.4. The molecule has 2 aliphatic heterocycles. The highest BCUT2D eigenvalue weighted by Gasteiger charge is 2.60. The van der Waals surface area contributed by atoms with Gasteiger partial charge in [-0.25, -0.2) is 8.78 Å². The van der Waals surface area contributed by atoms with Crippen LogP contribution in [0.3, 0.4) is 0 Å². The summed E-state index contributed by atoms with van der Waals surface area (Å²) in [4.78, 5) is 29.6. The quantitative estimate of drug-likeness (QED) is 0.333. The smallest absolute Gasteiger partial charge is 0.237 e. The summed E-state index contributed by atoms with van der Waals surface area (Å²) in [6, 6.07) is 5.56. The highest BCUT2D eigenvalue weighted by Crippen LogP contribution is 2.53. The lowest BCUT2D eigenvalue weighted by molar-refractivity contribution is -0.123. The highest BCUT2D eigenvalue weighted by atomic mass is 35.5. The van der Waals surface area contributed by atoms with Crippen LogP contribution in [0.2, 0.25) is 10.0 Å². The summed E-state index contributed by atoms with van der Waals surface area (Å²) in [5, 5.41) is 9.19. The van der Waals surface area contributed by atoms with Gasteiger partial charge < -0.3 is 25.6 Å². The Kier molecular flexibility index (Phi) is 9.45. The number of carbonyl (C=O) groups is 2. The first-order valence-electron chi connectivity index (χ1n) is 13.8. The Hall–Kier alpha value is -2.26. The van der Waals surface area contributed by atoms with Crippen LogP contribution in [0.4, 0.5) is 14.5 Å². The largest absolute Gasteiger partial charge is 0.388 e. The Bertz CT molecular complexity index is 1250. The van der Waals surface area contributed by atoms with E-state index in [2.05, 4.69) is 20.9 Å². The number of nitrogens with zero attached hydrogens (tertiary/aromatic N) is 1. The molecule has 1 amide bonds. The fourth-order valence-electron chi connectivity index (χ4n) is 6.35. The van der Waals surface area contributed by atoms with Crippen molar-refractivity contribution in [3.05, 3.63) is 63.1 Å². The molecule has 2 fully saturated rings. The van der Waals surface area contributed by atoms with Crippen molar-refractivity contribution in [3.8, 4) is 0 Å². The molecule has 2 saturated heterocycles. The molecule has 2 aromatic rings. The van der Waals surface area contributed by atoms with Gasteiger partial charge in [0.1, 0.15) is 17.9 Å². The molecule has 40 heavy (non-hydrogen) atoms. The van der Waals surface area contributed by atoms with Crippen molar-refractivity contribution in [3.63, 3.8) is 0 Å². The second-order valence-electron chi connectivity index (χ2n) is 12.0. The summed E-state index contributed by atoms with van der Waals surface area (Å²) in [7, 11) is 1.64. The first kappa shape index (κ1) is 30.7. The lowest BCUT2D eigenvalue weighted by Gasteiger charge is -2.39. The standard InChI is InChI=1S/C30H38Cl2F2N4O2/c1-29(2,3)16-24-30(17-39,19-14-22(33)21(32)15-23(19)35-4)25(18-8-7-9-20(31)26(18)34)27(37-24)28(40)36-10-13-38-11-5-6-12-38/h7-9,14-15,17,24-25,27,35,37H,5-6,10-13,16H2,1-4H3,(H,36,40)/t24?,25-,27+,30+/m0/s1. The van der Waals surface area contributed by atoms with Crippen LogP contribution < -0.4 is 16.0 Å². The predicted molar refractivity (Wildman–Crippen MR) is 156 cm³/mol. The van der Waals surface area contributed by atoms with Gasteiger partial charge >= 0.3 is 0 Å². The first-order valence-corrected chi connectivity index (χ1v) is 14.5. The number of amides is 1. The van der Waals surface area contributed by atoms with Gasteiger partial charge in [0, 0.05) is 37.8 Å². The molecule has 0 spiro atoms. The molecule has 2 aliphatic rings. The van der Waals surface area contributed by atoms with E-state index in [4.69, 9.17) is 23.2 Å². The monoisotopic (exact) mass is 594 g/mol. The van der Waals surface area contributed by atoms with Crippen LogP contribution in [0.1, 0.15) is 57.1 Å². The van der Waals surface area contributed by atoms with E-state index < -0.39 is 35.1 Å². The maximum absolute atomic E-state index is 15.8. The molecular weight excluding hydrogens is 557 g/mol. The summed E-state index contributed by atoms with van der Waals surface area (Å²) in [5.74, 6) is -2.81. The van der Waals surface area contributed by atoms with Gasteiger partial charge in [0.2, 0.25) is 5.91 Å². The van der Waals surface area contributed by atoms with Gasteiger partial charge in [-0.3, -0.25) is 4.79 Å². The first-order chi connectivity index (χ1) is 18.9. The molecule has 4 atom stereocenters. The Morgan fingerprint density at radius 3 is 2.50 bits per heavy atom. The van der Waals surface area contributed by atoms with Crippen LogP contribution in [0.25, 0.3) is 0 Å². The van der Waals surface area contributed by atoms with Crippen molar-refractivity contribution in [2.45, 2.75) is 63.5 Å². The van der Waals surface area contributed by atoms with Crippen molar-refractivity contribution >= 4 is 41.1 Å². The van der Waals surface area contributed by atoms with Crippen molar-refractivity contribution in [2.24, 2.45) is 5.41 Å². The molecule has 6 nitrogen and oxygen atoms in total. The predicted octanol–water partition coefficient (Wildman–Crippen LogP) is 5.52. The third kappa shape index (κ3) is 6.01. The van der Waals surface area contributed by atoms with Crippen LogP contribution in [-0.4, -0.2) is 62.4 Å². The fourth-order valence-corrected chi connectivity index (χ4v) is 6.69. The van der Waals surface area contributed by atoms with Crippen molar-refractivity contribution in [2.75, 3.05) is 38.5 Å². The van der Waals surface area contributed by atoms with Gasteiger partial charge in [0.05, 0.1) is 21.5 Å². The van der Waals surface area contributed by atoms with Gasteiger partial charge in [0.25, 0.3) is 0 Å². The molecule has 3 N–H and O–H groups in total. The summed E-state index contributed by atoms with van der Waals surface area (Å²) in [6.45, 7) is 9.15. The van der Waals surface area contributed by atoms with Crippen LogP contribution in [-0.2, 0) is 15.0 Å². The number of nitrogens with one attached hydrogen (secondary N) is 3. The molecule has 1 unspecified atom stereocenters. The Labute approximate surface area is 245 Å². The molecule has 218 valence electrons. The maximum atomic E-state index is 15.8. The molecule has 10 heteroatoms. The van der Waals surface area contributed by atoms with Gasteiger partial charge in [-0.05, 0) is 67.1 Å². The topological polar surface area (TPSA) is 73.5 Å². The van der Waals surface area contributed by atoms with E-state index in [1.54, 1.807) is 19.2 Å². The second kappa shape index (κ2) is 12.3. The van der Waals surface area contributed by atoms with Crippen LogP contribution in [0, 0.1) is 17.0 Å². The molecule has 0 aliphatic carbocycles. The van der Waals surface area contributed by atoms with E-state index in [0.29, 0.717) is 30.8 Å².